The highest BCUT2D eigenvalue weighted by Crippen LogP contribution is 2.23. The average Bonchev–Trinajstić information content (AvgIpc) is 2.89. The predicted molar refractivity (Wildman–Crippen MR) is 86.2 cm³/mol. The second-order valence-electron chi connectivity index (χ2n) is 5.82. The molecule has 0 radical (unpaired) electrons. The quantitative estimate of drug-likeness (QED) is 0.782. The maximum Gasteiger partial charge on any atom is 0.135 e. The molecule has 23 heavy (non-hydrogen) atoms. The van der Waals surface area contributed by atoms with Gasteiger partial charge in [-0.2, -0.15) is 0 Å². The van der Waals surface area contributed by atoms with Gasteiger partial charge in [0.25, 0.3) is 0 Å². The van der Waals surface area contributed by atoms with E-state index in [-0.39, 0.29) is 0 Å². The Labute approximate surface area is 133 Å². The molecular formula is C16H18N6O. The van der Waals surface area contributed by atoms with Gasteiger partial charge in [0.15, 0.2) is 0 Å². The second-order valence-corrected chi connectivity index (χ2v) is 5.82. The van der Waals surface area contributed by atoms with E-state index in [0.29, 0.717) is 0 Å². The molecular weight excluding hydrogens is 292 g/mol. The van der Waals surface area contributed by atoms with Crippen molar-refractivity contribution < 1.29 is 4.63 Å². The molecule has 0 amide bonds. The molecule has 118 valence electrons. The fraction of sp³-hybridized carbons (Fsp3) is 0.375. The van der Waals surface area contributed by atoms with Crippen molar-refractivity contribution in [2.75, 3.05) is 25.0 Å². The van der Waals surface area contributed by atoms with Crippen LogP contribution in [0.15, 0.2) is 29.2 Å². The summed E-state index contributed by atoms with van der Waals surface area (Å²) in [6, 6.07) is 5.98. The Kier molecular flexibility index (Phi) is 3.63. The first-order valence-electron chi connectivity index (χ1n) is 7.77. The number of benzene rings is 1. The van der Waals surface area contributed by atoms with Crippen LogP contribution in [0, 0.1) is 0 Å². The minimum atomic E-state index is 0.750. The Morgan fingerprint density at radius 1 is 1.13 bits per heavy atom. The maximum absolute atomic E-state index is 4.76. The molecule has 4 rings (SSSR count). The van der Waals surface area contributed by atoms with E-state index in [0.717, 1.165) is 60.6 Å². The number of fused-ring (bicyclic) bond motifs is 2. The maximum atomic E-state index is 4.76. The lowest BCUT2D eigenvalue weighted by Crippen LogP contribution is -2.21. The number of rotatable bonds is 3. The van der Waals surface area contributed by atoms with Gasteiger partial charge >= 0.3 is 0 Å². The van der Waals surface area contributed by atoms with Gasteiger partial charge in [0.2, 0.25) is 0 Å². The van der Waals surface area contributed by atoms with E-state index >= 15 is 0 Å². The van der Waals surface area contributed by atoms with Crippen molar-refractivity contribution in [1.29, 1.82) is 0 Å². The average molecular weight is 310 g/mol. The number of nitrogens with zero attached hydrogens (tertiary/aromatic N) is 5. The largest absolute Gasteiger partial charge is 0.355 e. The standard InChI is InChI=1S/C16H18N6O/c1-22(9-11-2-3-14-15(8-11)21-23-20-14)16-12-4-6-17-7-5-13(12)18-10-19-16/h2-3,8,10,17H,4-7,9H2,1H3. The summed E-state index contributed by atoms with van der Waals surface area (Å²) in [5.74, 6) is 1.01. The van der Waals surface area contributed by atoms with Crippen LogP contribution in [0.5, 0.6) is 0 Å². The Balaban J connectivity index is 1.62. The number of nitrogens with one attached hydrogen (secondary N) is 1. The molecule has 7 heteroatoms. The van der Waals surface area contributed by atoms with Gasteiger partial charge in [-0.25, -0.2) is 14.6 Å². The van der Waals surface area contributed by atoms with Crippen LogP contribution in [-0.2, 0) is 19.4 Å². The van der Waals surface area contributed by atoms with Gasteiger partial charge in [0.1, 0.15) is 23.2 Å². The smallest absolute Gasteiger partial charge is 0.135 e. The molecule has 0 aliphatic carbocycles. The fourth-order valence-electron chi connectivity index (χ4n) is 3.06. The predicted octanol–water partition coefficient (Wildman–Crippen LogP) is 1.34. The zero-order chi connectivity index (χ0) is 15.6. The van der Waals surface area contributed by atoms with Crippen molar-refractivity contribution in [3.8, 4) is 0 Å². The number of hydrogen-bond acceptors (Lipinski definition) is 7. The molecule has 1 aliphatic rings. The van der Waals surface area contributed by atoms with E-state index < -0.39 is 0 Å². The third-order valence-corrected chi connectivity index (χ3v) is 4.20. The van der Waals surface area contributed by atoms with E-state index in [1.807, 2.05) is 18.2 Å². The highest BCUT2D eigenvalue weighted by molar-refractivity contribution is 5.73. The number of anilines is 1. The minimum Gasteiger partial charge on any atom is -0.355 e. The summed E-state index contributed by atoms with van der Waals surface area (Å²) in [5, 5.41) is 11.2. The van der Waals surface area contributed by atoms with Gasteiger partial charge in [0, 0.05) is 32.1 Å². The molecule has 3 aromatic rings. The summed E-state index contributed by atoms with van der Waals surface area (Å²) in [5.41, 5.74) is 5.11. The highest BCUT2D eigenvalue weighted by Gasteiger charge is 2.17. The Hall–Kier alpha value is -2.54. The molecule has 2 aromatic heterocycles. The van der Waals surface area contributed by atoms with Crippen LogP contribution in [0.1, 0.15) is 16.8 Å². The van der Waals surface area contributed by atoms with E-state index in [2.05, 4.69) is 37.5 Å². The third-order valence-electron chi connectivity index (χ3n) is 4.20. The summed E-state index contributed by atoms with van der Waals surface area (Å²) in [7, 11) is 2.06. The molecule has 1 N–H and O–H groups in total. The van der Waals surface area contributed by atoms with Crippen LogP contribution in [-0.4, -0.2) is 40.4 Å². The van der Waals surface area contributed by atoms with E-state index in [1.165, 1.54) is 5.56 Å². The summed E-state index contributed by atoms with van der Waals surface area (Å²) in [4.78, 5) is 11.1. The first kappa shape index (κ1) is 14.1. The molecule has 0 saturated heterocycles. The summed E-state index contributed by atoms with van der Waals surface area (Å²) in [6.07, 6.45) is 3.58. The van der Waals surface area contributed by atoms with Crippen molar-refractivity contribution >= 4 is 16.9 Å². The fourth-order valence-corrected chi connectivity index (χ4v) is 3.06. The molecule has 7 nitrogen and oxygen atoms in total. The molecule has 0 bridgehead atoms. The highest BCUT2D eigenvalue weighted by atomic mass is 16.6. The first-order chi connectivity index (χ1) is 11.3. The van der Waals surface area contributed by atoms with Crippen LogP contribution in [0.25, 0.3) is 11.0 Å². The third kappa shape index (κ3) is 2.75. The normalized spacial score (nSPS) is 14.5. The Morgan fingerprint density at radius 2 is 2.00 bits per heavy atom. The van der Waals surface area contributed by atoms with Gasteiger partial charge in [-0.3, -0.25) is 0 Å². The van der Waals surface area contributed by atoms with Crippen molar-refractivity contribution in [3.05, 3.63) is 41.3 Å². The minimum absolute atomic E-state index is 0.750. The number of hydrogen-bond donors (Lipinski definition) is 1. The zero-order valence-electron chi connectivity index (χ0n) is 13.0. The van der Waals surface area contributed by atoms with Crippen LogP contribution in [0.4, 0.5) is 5.82 Å². The van der Waals surface area contributed by atoms with Gasteiger partial charge in [-0.15, -0.1) is 0 Å². The molecule has 0 fully saturated rings. The topological polar surface area (TPSA) is 80.0 Å². The lowest BCUT2D eigenvalue weighted by atomic mass is 10.1. The van der Waals surface area contributed by atoms with Crippen molar-refractivity contribution in [2.24, 2.45) is 0 Å². The Bertz CT molecular complexity index is 830. The molecule has 1 aliphatic heterocycles. The van der Waals surface area contributed by atoms with Crippen molar-refractivity contribution in [2.45, 2.75) is 19.4 Å². The summed E-state index contributed by atoms with van der Waals surface area (Å²) < 4.78 is 4.76. The summed E-state index contributed by atoms with van der Waals surface area (Å²) >= 11 is 0. The lowest BCUT2D eigenvalue weighted by Gasteiger charge is -2.22. The van der Waals surface area contributed by atoms with E-state index in [4.69, 9.17) is 4.63 Å². The van der Waals surface area contributed by atoms with Gasteiger partial charge in [-0.1, -0.05) is 6.07 Å². The van der Waals surface area contributed by atoms with Crippen molar-refractivity contribution in [1.82, 2.24) is 25.6 Å². The second kappa shape index (κ2) is 5.92. The van der Waals surface area contributed by atoms with Crippen molar-refractivity contribution in [3.63, 3.8) is 0 Å². The lowest BCUT2D eigenvalue weighted by molar-refractivity contribution is 0.315. The SMILES string of the molecule is CN(Cc1ccc2nonc2c1)c1ncnc2c1CCNCC2. The van der Waals surface area contributed by atoms with Gasteiger partial charge in [0.05, 0.1) is 5.69 Å². The monoisotopic (exact) mass is 310 g/mol. The molecule has 0 atom stereocenters. The van der Waals surface area contributed by atoms with Crippen LogP contribution in [0.3, 0.4) is 0 Å². The number of aromatic nitrogens is 4. The molecule has 3 heterocycles. The van der Waals surface area contributed by atoms with E-state index in [1.54, 1.807) is 6.33 Å². The Morgan fingerprint density at radius 3 is 2.96 bits per heavy atom. The van der Waals surface area contributed by atoms with Crippen LogP contribution in [0.2, 0.25) is 0 Å². The van der Waals surface area contributed by atoms with Crippen LogP contribution < -0.4 is 10.2 Å². The molecule has 1 aromatic carbocycles. The zero-order valence-corrected chi connectivity index (χ0v) is 13.0. The molecule has 0 unspecified atom stereocenters. The van der Waals surface area contributed by atoms with Gasteiger partial charge in [-0.05, 0) is 41.0 Å². The van der Waals surface area contributed by atoms with E-state index in [9.17, 15) is 0 Å². The first-order valence-corrected chi connectivity index (χ1v) is 7.77. The summed E-state index contributed by atoms with van der Waals surface area (Å²) in [6.45, 7) is 2.69. The van der Waals surface area contributed by atoms with Gasteiger partial charge < -0.3 is 10.2 Å². The molecule has 0 saturated carbocycles. The molecule has 0 spiro atoms. The van der Waals surface area contributed by atoms with Crippen LogP contribution >= 0.6 is 0 Å².